The van der Waals surface area contributed by atoms with E-state index in [1.54, 1.807) is 0 Å². The Morgan fingerprint density at radius 2 is 1.39 bits per heavy atom. The monoisotopic (exact) mass is 237 g/mol. The molecule has 0 aliphatic rings. The lowest BCUT2D eigenvalue weighted by atomic mass is 9.56. The lowest BCUT2D eigenvalue weighted by Gasteiger charge is -2.21. The molecule has 0 aliphatic heterocycles. The third-order valence-electron chi connectivity index (χ3n) is 3.73. The second-order valence-electron chi connectivity index (χ2n) is 5.71. The summed E-state index contributed by atoms with van der Waals surface area (Å²) in [5.41, 5.74) is 7.05. The highest BCUT2D eigenvalue weighted by atomic mass is 14.0. The van der Waals surface area contributed by atoms with Gasteiger partial charge < -0.3 is 0 Å². The number of hydrogen-bond donors (Lipinski definition) is 0. The highest BCUT2D eigenvalue weighted by molar-refractivity contribution is 6.64. The van der Waals surface area contributed by atoms with Crippen LogP contribution < -0.4 is 0 Å². The Morgan fingerprint density at radius 1 is 0.889 bits per heavy atom. The molecule has 0 atom stereocenters. The van der Waals surface area contributed by atoms with Gasteiger partial charge in [-0.1, -0.05) is 54.6 Å². The molecule has 0 unspecified atom stereocenters. The predicted octanol–water partition coefficient (Wildman–Crippen LogP) is 4.75. The van der Waals surface area contributed by atoms with Crippen LogP contribution in [0.2, 0.25) is 0 Å². The number of rotatable bonds is 2. The fourth-order valence-corrected chi connectivity index (χ4v) is 2.84. The molecule has 94 valence electrons. The molecule has 0 radical (unpaired) electrons. The molecule has 18 heavy (non-hydrogen) atoms. The van der Waals surface area contributed by atoms with Crippen LogP contribution >= 0.6 is 0 Å². The Labute approximate surface area is 111 Å². The van der Waals surface area contributed by atoms with Crippen molar-refractivity contribution in [2.45, 2.75) is 40.5 Å². The minimum absolute atomic E-state index is 0.438. The molecular weight excluding hydrogens is 215 g/mol. The lowest BCUT2D eigenvalue weighted by Crippen LogP contribution is -2.03. The molecule has 0 saturated heterocycles. The Morgan fingerprint density at radius 3 is 1.83 bits per heavy atom. The van der Waals surface area contributed by atoms with Crippen molar-refractivity contribution in [3.05, 3.63) is 58.4 Å². The van der Waals surface area contributed by atoms with Crippen molar-refractivity contribution in [1.82, 2.24) is 0 Å². The minimum Gasteiger partial charge on any atom is -0.259 e. The third kappa shape index (κ3) is 2.55. The highest BCUT2D eigenvalue weighted by Crippen LogP contribution is 2.21. The van der Waals surface area contributed by atoms with Gasteiger partial charge in [-0.3, -0.25) is 11.9 Å². The molecule has 1 heterocycles. The first-order valence-electron chi connectivity index (χ1n) is 6.80. The first kappa shape index (κ1) is 13.1. The fraction of sp³-hybridized carbons (Fsp3) is 0.353. The fourth-order valence-electron chi connectivity index (χ4n) is 2.84. The average molecular weight is 237 g/mol. The van der Waals surface area contributed by atoms with Crippen molar-refractivity contribution >= 4 is 6.34 Å². The minimum atomic E-state index is 0.438. The van der Waals surface area contributed by atoms with Gasteiger partial charge in [0.25, 0.3) is 0 Å². The molecule has 0 aliphatic carbocycles. The van der Waals surface area contributed by atoms with Gasteiger partial charge in [0, 0.05) is 0 Å². The van der Waals surface area contributed by atoms with E-state index in [2.05, 4.69) is 70.8 Å². The van der Waals surface area contributed by atoms with Gasteiger partial charge in [0.2, 0.25) is 0 Å². The quantitative estimate of drug-likeness (QED) is 0.707. The predicted molar refractivity (Wildman–Crippen MR) is 82.0 cm³/mol. The maximum Gasteiger partial charge on any atom is -0.0222 e. The molecular formula is C17H22B-. The first-order valence-corrected chi connectivity index (χ1v) is 6.80. The summed E-state index contributed by atoms with van der Waals surface area (Å²) in [5.74, 6) is 5.28. The maximum atomic E-state index is 2.33. The second kappa shape index (κ2) is 5.10. The molecule has 2 aromatic rings. The standard InChI is InChI=1S/C17H22B/c1-12(2)16-6-8-18(9-7-16)17-14(4)10-13(3)11-15(17)5/h6-12H,1-5H3/q-1. The van der Waals surface area contributed by atoms with E-state index in [-0.39, 0.29) is 0 Å². The zero-order valence-corrected chi connectivity index (χ0v) is 12.1. The van der Waals surface area contributed by atoms with Crippen LogP contribution in [0.1, 0.15) is 42.0 Å². The van der Waals surface area contributed by atoms with Crippen molar-refractivity contribution in [1.29, 1.82) is 0 Å². The van der Waals surface area contributed by atoms with Gasteiger partial charge in [0.1, 0.15) is 0 Å². The molecule has 0 bridgehead atoms. The molecule has 1 heteroatoms. The normalized spacial score (nSPS) is 11.0. The van der Waals surface area contributed by atoms with Crippen LogP contribution in [0.4, 0.5) is 0 Å². The van der Waals surface area contributed by atoms with Gasteiger partial charge >= 0.3 is 0 Å². The van der Waals surface area contributed by atoms with Crippen LogP contribution in [0.3, 0.4) is 0 Å². The van der Waals surface area contributed by atoms with E-state index in [0.29, 0.717) is 12.3 Å². The SMILES string of the molecule is Cc1cc(C)c(-[b-]2ccc(C(C)C)cc2)c(C)c1. The van der Waals surface area contributed by atoms with Gasteiger partial charge in [-0.2, -0.15) is 0 Å². The van der Waals surface area contributed by atoms with Crippen molar-refractivity contribution in [2.75, 3.05) is 0 Å². The van der Waals surface area contributed by atoms with Crippen molar-refractivity contribution in [2.24, 2.45) is 0 Å². The van der Waals surface area contributed by atoms with Gasteiger partial charge in [-0.25, -0.2) is 5.46 Å². The van der Waals surface area contributed by atoms with E-state index < -0.39 is 0 Å². The Kier molecular flexibility index (Phi) is 3.70. The van der Waals surface area contributed by atoms with Crippen LogP contribution in [-0.2, 0) is 0 Å². The molecule has 1 aromatic carbocycles. The molecule has 0 amide bonds. The van der Waals surface area contributed by atoms with E-state index in [4.69, 9.17) is 0 Å². The van der Waals surface area contributed by atoms with Gasteiger partial charge in [-0.15, -0.1) is 12.1 Å². The van der Waals surface area contributed by atoms with Gasteiger partial charge in [0.15, 0.2) is 0 Å². The van der Waals surface area contributed by atoms with Gasteiger partial charge in [0.05, 0.1) is 0 Å². The Bertz CT molecular complexity index is 527. The summed E-state index contributed by atoms with van der Waals surface area (Å²) < 4.78 is 0. The Hall–Kier alpha value is -1.37. The van der Waals surface area contributed by atoms with E-state index in [1.165, 1.54) is 27.7 Å². The van der Waals surface area contributed by atoms with Gasteiger partial charge in [-0.05, 0) is 26.7 Å². The third-order valence-corrected chi connectivity index (χ3v) is 3.73. The molecule has 0 nitrogen and oxygen atoms in total. The summed E-state index contributed by atoms with van der Waals surface area (Å²) in [4.78, 5) is 0. The zero-order valence-electron chi connectivity index (χ0n) is 12.1. The average Bonchev–Trinajstić information content (AvgIpc) is 2.28. The Balaban J connectivity index is 2.49. The van der Waals surface area contributed by atoms with E-state index >= 15 is 0 Å². The molecule has 2 rings (SSSR count). The molecule has 0 spiro atoms. The summed E-state index contributed by atoms with van der Waals surface area (Å²) >= 11 is 0. The number of hydrogen-bond acceptors (Lipinski definition) is 0. The molecule has 0 saturated carbocycles. The summed E-state index contributed by atoms with van der Waals surface area (Å²) in [6.45, 7) is 11.1. The van der Waals surface area contributed by atoms with Crippen molar-refractivity contribution < 1.29 is 0 Å². The second-order valence-corrected chi connectivity index (χ2v) is 5.71. The zero-order chi connectivity index (χ0) is 13.3. The van der Waals surface area contributed by atoms with Crippen LogP contribution in [0, 0.1) is 20.8 Å². The van der Waals surface area contributed by atoms with E-state index in [0.717, 1.165) is 0 Å². The summed E-state index contributed by atoms with van der Waals surface area (Å²) in [6.07, 6.45) is 0.438. The van der Waals surface area contributed by atoms with Crippen LogP contribution in [-0.4, -0.2) is 6.34 Å². The molecule has 1 aromatic heterocycles. The molecule has 0 N–H and O–H groups in total. The smallest absolute Gasteiger partial charge is 0.0222 e. The van der Waals surface area contributed by atoms with Crippen LogP contribution in [0.5, 0.6) is 0 Å². The number of aryl methyl sites for hydroxylation is 3. The largest absolute Gasteiger partial charge is 0.259 e. The molecule has 0 fully saturated rings. The summed E-state index contributed by atoms with van der Waals surface area (Å²) in [5, 5.41) is 0. The van der Waals surface area contributed by atoms with Crippen molar-refractivity contribution in [3.63, 3.8) is 0 Å². The maximum absolute atomic E-state index is 2.33. The topological polar surface area (TPSA) is 0 Å². The van der Waals surface area contributed by atoms with Crippen molar-refractivity contribution in [3.8, 4) is 5.46 Å². The van der Waals surface area contributed by atoms with Crippen LogP contribution in [0.15, 0.2) is 36.2 Å². The highest BCUT2D eigenvalue weighted by Gasteiger charge is 1.99. The van der Waals surface area contributed by atoms with Crippen LogP contribution in [0.25, 0.3) is 5.46 Å². The summed E-state index contributed by atoms with van der Waals surface area (Å²) in [6, 6.07) is 9.14. The van der Waals surface area contributed by atoms with E-state index in [9.17, 15) is 0 Å². The first-order chi connectivity index (χ1) is 8.49. The van der Waals surface area contributed by atoms with E-state index in [1.807, 2.05) is 0 Å². The number of benzene rings is 1. The lowest BCUT2D eigenvalue weighted by molar-refractivity contribution is 0.868. The summed E-state index contributed by atoms with van der Waals surface area (Å²) in [7, 11) is 0.